The molecule has 30 heavy (non-hydrogen) atoms. The van der Waals surface area contributed by atoms with Gasteiger partial charge in [-0.1, -0.05) is 50.2 Å². The fraction of sp³-hybridized carbons (Fsp3) is 0.167. The summed E-state index contributed by atoms with van der Waals surface area (Å²) < 4.78 is 0. The zero-order chi connectivity index (χ0) is 21.7. The molecule has 0 aliphatic rings. The van der Waals surface area contributed by atoms with Crippen LogP contribution in [-0.2, 0) is 0 Å². The first kappa shape index (κ1) is 20.7. The Kier molecular flexibility index (Phi) is 6.23. The van der Waals surface area contributed by atoms with Gasteiger partial charge in [0.15, 0.2) is 0 Å². The summed E-state index contributed by atoms with van der Waals surface area (Å²) in [6.07, 6.45) is 0. The van der Waals surface area contributed by atoms with Gasteiger partial charge in [0.25, 0.3) is 11.8 Å². The van der Waals surface area contributed by atoms with Crippen molar-refractivity contribution in [2.24, 2.45) is 0 Å². The molecule has 3 rings (SSSR count). The molecule has 0 bridgehead atoms. The van der Waals surface area contributed by atoms with E-state index in [2.05, 4.69) is 29.5 Å². The third kappa shape index (κ3) is 4.53. The van der Waals surface area contributed by atoms with Crippen molar-refractivity contribution in [1.82, 2.24) is 4.98 Å². The first-order chi connectivity index (χ1) is 14.4. The summed E-state index contributed by atoms with van der Waals surface area (Å²) in [5, 5.41) is 14.8. The molecule has 0 fully saturated rings. The minimum atomic E-state index is -0.494. The van der Waals surface area contributed by atoms with Crippen molar-refractivity contribution in [2.75, 3.05) is 10.6 Å². The lowest BCUT2D eigenvalue weighted by Gasteiger charge is -2.16. The van der Waals surface area contributed by atoms with Gasteiger partial charge >= 0.3 is 0 Å². The number of benzene rings is 2. The molecule has 2 N–H and O–H groups in total. The molecule has 0 radical (unpaired) electrons. The van der Waals surface area contributed by atoms with Crippen LogP contribution >= 0.6 is 0 Å². The molecule has 3 aromatic rings. The maximum atomic E-state index is 12.8. The zero-order valence-electron chi connectivity index (χ0n) is 17.1. The van der Waals surface area contributed by atoms with Crippen LogP contribution in [0.2, 0.25) is 0 Å². The van der Waals surface area contributed by atoms with Crippen molar-refractivity contribution in [2.45, 2.75) is 26.7 Å². The maximum absolute atomic E-state index is 12.8. The molecule has 6 heteroatoms. The number of nitrogens with zero attached hydrogens (tertiary/aromatic N) is 2. The van der Waals surface area contributed by atoms with Crippen LogP contribution in [0.25, 0.3) is 0 Å². The number of nitriles is 1. The molecule has 0 atom stereocenters. The highest BCUT2D eigenvalue weighted by Crippen LogP contribution is 2.27. The number of hydrogen-bond acceptors (Lipinski definition) is 4. The zero-order valence-corrected chi connectivity index (χ0v) is 17.1. The molecule has 150 valence electrons. The van der Waals surface area contributed by atoms with Gasteiger partial charge in [0.1, 0.15) is 17.5 Å². The van der Waals surface area contributed by atoms with Gasteiger partial charge in [0.2, 0.25) is 0 Å². The van der Waals surface area contributed by atoms with E-state index >= 15 is 0 Å². The number of carbonyl (C=O) groups excluding carboxylic acids is 2. The average molecular weight is 398 g/mol. The molecule has 0 spiro atoms. The van der Waals surface area contributed by atoms with Gasteiger partial charge < -0.3 is 10.6 Å². The van der Waals surface area contributed by atoms with Crippen molar-refractivity contribution in [3.63, 3.8) is 0 Å². The quantitative estimate of drug-likeness (QED) is 0.640. The lowest BCUT2D eigenvalue weighted by atomic mass is 9.98. The summed E-state index contributed by atoms with van der Waals surface area (Å²) in [5.41, 5.74) is 3.71. The number of aromatic nitrogens is 1. The van der Waals surface area contributed by atoms with Gasteiger partial charge in [-0.25, -0.2) is 4.98 Å². The number of rotatable bonds is 5. The summed E-state index contributed by atoms with van der Waals surface area (Å²) >= 11 is 0. The molecule has 0 unspecified atom stereocenters. The highest BCUT2D eigenvalue weighted by atomic mass is 16.2. The van der Waals surface area contributed by atoms with Crippen molar-refractivity contribution in [3.8, 4) is 6.07 Å². The molecular weight excluding hydrogens is 376 g/mol. The van der Waals surface area contributed by atoms with Crippen molar-refractivity contribution in [3.05, 3.63) is 88.7 Å². The lowest BCUT2D eigenvalue weighted by molar-refractivity contribution is 0.101. The number of aryl methyl sites for hydroxylation is 1. The second-order valence-electron chi connectivity index (χ2n) is 7.17. The Morgan fingerprint density at radius 2 is 1.53 bits per heavy atom. The van der Waals surface area contributed by atoms with E-state index in [1.165, 1.54) is 6.07 Å². The van der Waals surface area contributed by atoms with Crippen LogP contribution in [0.5, 0.6) is 0 Å². The summed E-state index contributed by atoms with van der Waals surface area (Å²) in [5.74, 6) is -0.644. The van der Waals surface area contributed by atoms with Crippen molar-refractivity contribution < 1.29 is 9.59 Å². The van der Waals surface area contributed by atoms with E-state index in [0.29, 0.717) is 11.3 Å². The van der Waals surface area contributed by atoms with Crippen molar-refractivity contribution in [1.29, 1.82) is 5.26 Å². The Morgan fingerprint density at radius 3 is 2.20 bits per heavy atom. The van der Waals surface area contributed by atoms with E-state index in [1.807, 2.05) is 31.2 Å². The van der Waals surface area contributed by atoms with E-state index < -0.39 is 11.8 Å². The van der Waals surface area contributed by atoms with E-state index in [4.69, 9.17) is 0 Å². The average Bonchev–Trinajstić information content (AvgIpc) is 2.75. The largest absolute Gasteiger partial charge is 0.320 e. The third-order valence-corrected chi connectivity index (χ3v) is 4.68. The van der Waals surface area contributed by atoms with Gasteiger partial charge in [0, 0.05) is 5.69 Å². The molecule has 6 nitrogen and oxygen atoms in total. The molecule has 2 aromatic carbocycles. The first-order valence-electron chi connectivity index (χ1n) is 9.59. The normalized spacial score (nSPS) is 10.4. The van der Waals surface area contributed by atoms with Gasteiger partial charge in [-0.15, -0.1) is 0 Å². The Labute approximate surface area is 175 Å². The number of anilines is 2. The third-order valence-electron chi connectivity index (χ3n) is 4.68. The van der Waals surface area contributed by atoms with Crippen LogP contribution in [0.15, 0.2) is 60.7 Å². The minimum Gasteiger partial charge on any atom is -0.320 e. The highest BCUT2D eigenvalue weighted by Gasteiger charge is 2.16. The van der Waals surface area contributed by atoms with E-state index in [9.17, 15) is 14.9 Å². The van der Waals surface area contributed by atoms with Crippen LogP contribution in [-0.4, -0.2) is 16.8 Å². The van der Waals surface area contributed by atoms with E-state index in [1.54, 1.807) is 36.4 Å². The fourth-order valence-corrected chi connectivity index (χ4v) is 3.08. The van der Waals surface area contributed by atoms with E-state index in [-0.39, 0.29) is 17.3 Å². The van der Waals surface area contributed by atoms with Crippen LogP contribution in [0, 0.1) is 18.3 Å². The van der Waals surface area contributed by atoms with Crippen molar-refractivity contribution >= 4 is 23.2 Å². The first-order valence-corrected chi connectivity index (χ1v) is 9.59. The van der Waals surface area contributed by atoms with Crippen LogP contribution in [0.3, 0.4) is 0 Å². The van der Waals surface area contributed by atoms with Crippen LogP contribution in [0.1, 0.15) is 57.4 Å². The Bertz CT molecular complexity index is 1150. The summed E-state index contributed by atoms with van der Waals surface area (Å²) in [6, 6.07) is 19.3. The van der Waals surface area contributed by atoms with Gasteiger partial charge in [-0.05, 0) is 48.2 Å². The van der Waals surface area contributed by atoms with Gasteiger partial charge in [-0.3, -0.25) is 9.59 Å². The number of pyridine rings is 1. The monoisotopic (exact) mass is 398 g/mol. The smallest absolute Gasteiger partial charge is 0.274 e. The molecule has 0 aliphatic carbocycles. The van der Waals surface area contributed by atoms with Crippen LogP contribution in [0.4, 0.5) is 11.4 Å². The molecular formula is C24H22N4O2. The summed E-state index contributed by atoms with van der Waals surface area (Å²) in [4.78, 5) is 29.6. The van der Waals surface area contributed by atoms with Gasteiger partial charge in [-0.2, -0.15) is 5.26 Å². The predicted octanol–water partition coefficient (Wildman–Crippen LogP) is 4.89. The number of amides is 2. The second-order valence-corrected chi connectivity index (χ2v) is 7.17. The fourth-order valence-electron chi connectivity index (χ4n) is 3.08. The summed E-state index contributed by atoms with van der Waals surface area (Å²) in [7, 11) is 0. The molecule has 1 heterocycles. The number of nitrogens with one attached hydrogen (secondary N) is 2. The maximum Gasteiger partial charge on any atom is 0.274 e. The van der Waals surface area contributed by atoms with E-state index in [0.717, 1.165) is 16.8 Å². The second kappa shape index (κ2) is 9.01. The Balaban J connectivity index is 1.83. The molecule has 1 aromatic heterocycles. The number of hydrogen-bond donors (Lipinski definition) is 2. The van der Waals surface area contributed by atoms with Gasteiger partial charge in [0.05, 0.1) is 11.3 Å². The summed E-state index contributed by atoms with van der Waals surface area (Å²) in [6.45, 7) is 6.06. The molecule has 0 aliphatic heterocycles. The number of para-hydroxylation sites is 2. The number of carbonyl (C=O) groups is 2. The van der Waals surface area contributed by atoms with Crippen LogP contribution < -0.4 is 10.6 Å². The minimum absolute atomic E-state index is 0.0873. The highest BCUT2D eigenvalue weighted by molar-refractivity contribution is 6.07. The molecule has 0 saturated carbocycles. The standard InChI is InChI=1S/C24H22N4O2/c1-15(2)18-10-6-8-16(3)22(18)28-24(30)21-13-7-12-20(26-21)23(29)27-19-11-5-4-9-17(19)14-25/h4-13,15H,1-3H3,(H,27,29)(H,28,30). The lowest BCUT2D eigenvalue weighted by Crippen LogP contribution is -2.19. The Morgan fingerprint density at radius 1 is 0.900 bits per heavy atom. The molecule has 2 amide bonds. The Hall–Kier alpha value is -3.98. The SMILES string of the molecule is Cc1cccc(C(C)C)c1NC(=O)c1cccc(C(=O)Nc2ccccc2C#N)n1. The topological polar surface area (TPSA) is 94.9 Å². The predicted molar refractivity (Wildman–Crippen MR) is 117 cm³/mol. The molecule has 0 saturated heterocycles.